The minimum Gasteiger partial charge on any atom is -0.477 e. The SMILES string of the molecule is O=C(O)c1cc2ccccc2c(NCC2CCCCS2)n1. The molecule has 1 aliphatic rings. The molecule has 21 heavy (non-hydrogen) atoms. The van der Waals surface area contributed by atoms with Crippen molar-refractivity contribution in [2.45, 2.75) is 24.5 Å². The standard InChI is InChI=1S/C16H18N2O2S/c19-16(20)14-9-11-5-1-2-7-13(11)15(18-14)17-10-12-6-3-4-8-21-12/h1-2,5,7,9,12H,3-4,6,8,10H2,(H,17,18)(H,19,20). The molecule has 0 amide bonds. The molecule has 110 valence electrons. The normalized spacial score (nSPS) is 18.6. The third-order valence-electron chi connectivity index (χ3n) is 3.73. The number of pyridine rings is 1. The average Bonchev–Trinajstić information content (AvgIpc) is 2.53. The number of hydrogen-bond acceptors (Lipinski definition) is 4. The van der Waals surface area contributed by atoms with Crippen molar-refractivity contribution >= 4 is 34.3 Å². The van der Waals surface area contributed by atoms with E-state index in [4.69, 9.17) is 0 Å². The summed E-state index contributed by atoms with van der Waals surface area (Å²) in [6, 6.07) is 9.38. The second-order valence-electron chi connectivity index (χ2n) is 5.25. The summed E-state index contributed by atoms with van der Waals surface area (Å²) in [5.41, 5.74) is 0.0903. The molecule has 1 aromatic carbocycles. The molecule has 1 aromatic heterocycles. The highest BCUT2D eigenvalue weighted by atomic mass is 32.2. The van der Waals surface area contributed by atoms with E-state index in [1.54, 1.807) is 6.07 Å². The molecule has 1 fully saturated rings. The van der Waals surface area contributed by atoms with Gasteiger partial charge in [0.15, 0.2) is 5.69 Å². The van der Waals surface area contributed by atoms with E-state index in [-0.39, 0.29) is 5.69 Å². The number of rotatable bonds is 4. The lowest BCUT2D eigenvalue weighted by atomic mass is 10.1. The molecule has 1 saturated heterocycles. The molecule has 2 aromatic rings. The summed E-state index contributed by atoms with van der Waals surface area (Å²) in [6.45, 7) is 0.838. The molecule has 2 N–H and O–H groups in total. The smallest absolute Gasteiger partial charge is 0.354 e. The molecule has 0 aliphatic carbocycles. The predicted molar refractivity (Wildman–Crippen MR) is 87.3 cm³/mol. The fourth-order valence-electron chi connectivity index (χ4n) is 2.62. The third kappa shape index (κ3) is 3.29. The maximum atomic E-state index is 11.2. The topological polar surface area (TPSA) is 62.2 Å². The summed E-state index contributed by atoms with van der Waals surface area (Å²) < 4.78 is 0. The van der Waals surface area contributed by atoms with Gasteiger partial charge in [0.1, 0.15) is 5.82 Å². The van der Waals surface area contributed by atoms with E-state index in [0.717, 1.165) is 17.3 Å². The van der Waals surface area contributed by atoms with E-state index >= 15 is 0 Å². The van der Waals surface area contributed by atoms with Gasteiger partial charge >= 0.3 is 5.97 Å². The Morgan fingerprint density at radius 2 is 2.24 bits per heavy atom. The Bertz CT molecular complexity index is 654. The van der Waals surface area contributed by atoms with Gasteiger partial charge in [-0.15, -0.1) is 0 Å². The summed E-state index contributed by atoms with van der Waals surface area (Å²) in [5, 5.41) is 15.0. The second kappa shape index (κ2) is 6.35. The summed E-state index contributed by atoms with van der Waals surface area (Å²) in [4.78, 5) is 15.5. The van der Waals surface area contributed by atoms with E-state index in [0.29, 0.717) is 11.1 Å². The molecule has 3 rings (SSSR count). The zero-order chi connectivity index (χ0) is 14.7. The van der Waals surface area contributed by atoms with Crippen LogP contribution in [0.25, 0.3) is 10.8 Å². The van der Waals surface area contributed by atoms with Crippen LogP contribution in [0.5, 0.6) is 0 Å². The molecule has 0 bridgehead atoms. The molecule has 1 atom stereocenters. The molecule has 0 saturated carbocycles. The van der Waals surface area contributed by atoms with Crippen molar-refractivity contribution in [3.05, 3.63) is 36.0 Å². The zero-order valence-electron chi connectivity index (χ0n) is 11.7. The Morgan fingerprint density at radius 1 is 1.38 bits per heavy atom. The highest BCUT2D eigenvalue weighted by Crippen LogP contribution is 2.27. The first-order valence-electron chi connectivity index (χ1n) is 7.22. The molecular weight excluding hydrogens is 284 g/mol. The first kappa shape index (κ1) is 14.2. The maximum absolute atomic E-state index is 11.2. The van der Waals surface area contributed by atoms with Gasteiger partial charge < -0.3 is 10.4 Å². The van der Waals surface area contributed by atoms with E-state index in [1.807, 2.05) is 36.0 Å². The Kier molecular flexibility index (Phi) is 4.29. The second-order valence-corrected chi connectivity index (χ2v) is 6.66. The predicted octanol–water partition coefficient (Wildman–Crippen LogP) is 3.63. The molecule has 4 nitrogen and oxygen atoms in total. The Balaban J connectivity index is 1.86. The lowest BCUT2D eigenvalue weighted by molar-refractivity contribution is 0.0691. The van der Waals surface area contributed by atoms with Crippen LogP contribution in [-0.2, 0) is 0 Å². The molecule has 5 heteroatoms. The highest BCUT2D eigenvalue weighted by molar-refractivity contribution is 7.99. The van der Waals surface area contributed by atoms with Crippen LogP contribution < -0.4 is 5.32 Å². The largest absolute Gasteiger partial charge is 0.477 e. The van der Waals surface area contributed by atoms with E-state index in [9.17, 15) is 9.90 Å². The number of aromatic nitrogens is 1. The summed E-state index contributed by atoms with van der Waals surface area (Å²) in [6.07, 6.45) is 3.80. The van der Waals surface area contributed by atoms with Crippen molar-refractivity contribution in [1.82, 2.24) is 4.98 Å². The van der Waals surface area contributed by atoms with E-state index < -0.39 is 5.97 Å². The maximum Gasteiger partial charge on any atom is 0.354 e. The Morgan fingerprint density at radius 3 is 3.00 bits per heavy atom. The van der Waals surface area contributed by atoms with Crippen LogP contribution in [0.2, 0.25) is 0 Å². The Hall–Kier alpha value is -1.75. The summed E-state index contributed by atoms with van der Waals surface area (Å²) in [7, 11) is 0. The summed E-state index contributed by atoms with van der Waals surface area (Å²) in [5.74, 6) is 0.905. The minimum atomic E-state index is -0.990. The number of nitrogens with one attached hydrogen (secondary N) is 1. The number of carbonyl (C=O) groups is 1. The van der Waals surface area contributed by atoms with Crippen LogP contribution >= 0.6 is 11.8 Å². The molecule has 0 spiro atoms. The quantitative estimate of drug-likeness (QED) is 0.903. The monoisotopic (exact) mass is 302 g/mol. The number of fused-ring (bicyclic) bond motifs is 1. The van der Waals surface area contributed by atoms with Crippen LogP contribution in [0.4, 0.5) is 5.82 Å². The number of benzene rings is 1. The Labute approximate surface area is 128 Å². The number of carboxylic acid groups (broad SMARTS) is 1. The van der Waals surface area contributed by atoms with Gasteiger partial charge in [-0.3, -0.25) is 0 Å². The van der Waals surface area contributed by atoms with Crippen LogP contribution in [-0.4, -0.2) is 33.6 Å². The van der Waals surface area contributed by atoms with Crippen molar-refractivity contribution in [3.63, 3.8) is 0 Å². The van der Waals surface area contributed by atoms with Crippen molar-refractivity contribution in [1.29, 1.82) is 0 Å². The van der Waals surface area contributed by atoms with Crippen molar-refractivity contribution in [2.24, 2.45) is 0 Å². The number of aromatic carboxylic acids is 1. The van der Waals surface area contributed by atoms with Crippen LogP contribution in [0, 0.1) is 0 Å². The van der Waals surface area contributed by atoms with Gasteiger partial charge in [-0.25, -0.2) is 9.78 Å². The minimum absolute atomic E-state index is 0.0903. The molecular formula is C16H18N2O2S. The number of thioether (sulfide) groups is 1. The highest BCUT2D eigenvalue weighted by Gasteiger charge is 2.15. The van der Waals surface area contributed by atoms with Crippen molar-refractivity contribution in [3.8, 4) is 0 Å². The molecule has 0 radical (unpaired) electrons. The number of nitrogens with zero attached hydrogens (tertiary/aromatic N) is 1. The van der Waals surface area contributed by atoms with Crippen molar-refractivity contribution in [2.75, 3.05) is 17.6 Å². The van der Waals surface area contributed by atoms with Gasteiger partial charge in [0.2, 0.25) is 0 Å². The number of carboxylic acids is 1. The lowest BCUT2D eigenvalue weighted by Crippen LogP contribution is -2.21. The first-order valence-corrected chi connectivity index (χ1v) is 8.27. The van der Waals surface area contributed by atoms with Gasteiger partial charge in [0.05, 0.1) is 0 Å². The van der Waals surface area contributed by atoms with Crippen LogP contribution in [0.3, 0.4) is 0 Å². The van der Waals surface area contributed by atoms with E-state index in [1.165, 1.54) is 25.0 Å². The van der Waals surface area contributed by atoms with Crippen LogP contribution in [0.15, 0.2) is 30.3 Å². The van der Waals surface area contributed by atoms with Gasteiger partial charge in [-0.1, -0.05) is 30.7 Å². The molecule has 1 unspecified atom stereocenters. The summed E-state index contributed by atoms with van der Waals surface area (Å²) >= 11 is 1.99. The van der Waals surface area contributed by atoms with Gasteiger partial charge in [-0.2, -0.15) is 11.8 Å². The fourth-order valence-corrected chi connectivity index (χ4v) is 3.86. The average molecular weight is 302 g/mol. The zero-order valence-corrected chi connectivity index (χ0v) is 12.5. The molecule has 1 aliphatic heterocycles. The molecule has 2 heterocycles. The van der Waals surface area contributed by atoms with Gasteiger partial charge in [0.25, 0.3) is 0 Å². The lowest BCUT2D eigenvalue weighted by Gasteiger charge is -2.22. The number of anilines is 1. The van der Waals surface area contributed by atoms with Crippen LogP contribution in [0.1, 0.15) is 29.8 Å². The van der Waals surface area contributed by atoms with Crippen molar-refractivity contribution < 1.29 is 9.90 Å². The van der Waals surface area contributed by atoms with Gasteiger partial charge in [-0.05, 0) is 30.0 Å². The number of hydrogen-bond donors (Lipinski definition) is 2. The third-order valence-corrected chi connectivity index (χ3v) is 5.13. The fraction of sp³-hybridized carbons (Fsp3) is 0.375. The van der Waals surface area contributed by atoms with Gasteiger partial charge in [0, 0.05) is 17.2 Å². The van der Waals surface area contributed by atoms with E-state index in [2.05, 4.69) is 10.3 Å². The first-order chi connectivity index (χ1) is 10.2.